The number of hydrogen-bond donors (Lipinski definition) is 1. The molecule has 1 aliphatic heterocycles. The zero-order valence-corrected chi connectivity index (χ0v) is 13.8. The first-order valence-corrected chi connectivity index (χ1v) is 7.85. The third-order valence-corrected chi connectivity index (χ3v) is 4.30. The second-order valence-corrected chi connectivity index (χ2v) is 6.18. The monoisotopic (exact) mass is 305 g/mol. The van der Waals surface area contributed by atoms with E-state index >= 15 is 0 Å². The number of carbonyl (C=O) groups is 1. The van der Waals surface area contributed by atoms with Crippen molar-refractivity contribution in [2.45, 2.75) is 26.0 Å². The topological polar surface area (TPSA) is 58.8 Å². The molecule has 1 saturated heterocycles. The van der Waals surface area contributed by atoms with Crippen LogP contribution >= 0.6 is 0 Å². The van der Waals surface area contributed by atoms with Gasteiger partial charge in [-0.15, -0.1) is 0 Å². The summed E-state index contributed by atoms with van der Waals surface area (Å²) in [5, 5.41) is 0. The van der Waals surface area contributed by atoms with Gasteiger partial charge in [-0.25, -0.2) is 0 Å². The molecule has 1 fully saturated rings. The molecule has 2 N–H and O–H groups in total. The quantitative estimate of drug-likeness (QED) is 0.857. The number of aryl methyl sites for hydroxylation is 1. The Morgan fingerprint density at radius 3 is 2.91 bits per heavy atom. The smallest absolute Gasteiger partial charge is 0.231 e. The van der Waals surface area contributed by atoms with Crippen LogP contribution in [0.1, 0.15) is 24.1 Å². The zero-order valence-electron chi connectivity index (χ0n) is 13.8. The summed E-state index contributed by atoms with van der Waals surface area (Å²) >= 11 is 0. The van der Waals surface area contributed by atoms with E-state index in [2.05, 4.69) is 43.0 Å². The number of nitrogens with zero attached hydrogens (tertiary/aromatic N) is 2. The van der Waals surface area contributed by atoms with Crippen molar-refractivity contribution in [2.24, 2.45) is 5.73 Å². The summed E-state index contributed by atoms with van der Waals surface area (Å²) in [4.78, 5) is 15.4. The number of nitrogens with two attached hydrogens (primary N) is 1. The van der Waals surface area contributed by atoms with Gasteiger partial charge >= 0.3 is 0 Å². The molecular weight excluding hydrogens is 278 g/mol. The molecular formula is C17H27N3O2. The molecule has 1 heterocycles. The minimum atomic E-state index is -0.302. The molecule has 0 aliphatic carbocycles. The number of primary amides is 1. The lowest BCUT2D eigenvalue weighted by Gasteiger charge is -2.38. The first-order valence-electron chi connectivity index (χ1n) is 7.85. The zero-order chi connectivity index (χ0) is 16.1. The molecule has 0 aromatic heterocycles. The van der Waals surface area contributed by atoms with Crippen molar-refractivity contribution in [2.75, 3.05) is 39.8 Å². The summed E-state index contributed by atoms with van der Waals surface area (Å²) in [6, 6.07) is 8.90. The maximum Gasteiger partial charge on any atom is 0.231 e. The van der Waals surface area contributed by atoms with Gasteiger partial charge in [-0.1, -0.05) is 24.3 Å². The van der Waals surface area contributed by atoms with Crippen molar-refractivity contribution in [1.29, 1.82) is 0 Å². The van der Waals surface area contributed by atoms with E-state index in [1.165, 1.54) is 11.1 Å². The van der Waals surface area contributed by atoms with Crippen LogP contribution in [0.25, 0.3) is 0 Å². The van der Waals surface area contributed by atoms with E-state index in [9.17, 15) is 4.79 Å². The SMILES string of the molecule is Cc1ccccc1[C@H](C)N1CCO[C@@H](CN(C)CC(N)=O)C1. The summed E-state index contributed by atoms with van der Waals surface area (Å²) in [6.45, 7) is 7.94. The molecule has 122 valence electrons. The fraction of sp³-hybridized carbons (Fsp3) is 0.588. The summed E-state index contributed by atoms with van der Waals surface area (Å²) in [6.07, 6.45) is 0.115. The highest BCUT2D eigenvalue weighted by Gasteiger charge is 2.26. The van der Waals surface area contributed by atoms with E-state index in [0.29, 0.717) is 6.04 Å². The molecule has 1 aromatic carbocycles. The average molecular weight is 305 g/mol. The van der Waals surface area contributed by atoms with Gasteiger partial charge < -0.3 is 10.5 Å². The molecule has 0 spiro atoms. The molecule has 2 rings (SSSR count). The number of morpholine rings is 1. The Morgan fingerprint density at radius 2 is 2.23 bits per heavy atom. The summed E-state index contributed by atoms with van der Waals surface area (Å²) in [5.74, 6) is -0.302. The minimum Gasteiger partial charge on any atom is -0.374 e. The lowest BCUT2D eigenvalue weighted by Crippen LogP contribution is -2.48. The van der Waals surface area contributed by atoms with Gasteiger partial charge in [-0.2, -0.15) is 0 Å². The van der Waals surface area contributed by atoms with Crippen molar-refractivity contribution in [1.82, 2.24) is 9.80 Å². The molecule has 0 bridgehead atoms. The number of amides is 1. The molecule has 0 radical (unpaired) electrons. The minimum absolute atomic E-state index is 0.115. The van der Waals surface area contributed by atoms with Crippen LogP contribution in [0.2, 0.25) is 0 Å². The number of rotatable bonds is 6. The standard InChI is InChI=1S/C17H27N3O2/c1-13-6-4-5-7-16(13)14(2)20-8-9-22-15(11-20)10-19(3)12-17(18)21/h4-7,14-15H,8-12H2,1-3H3,(H2,18,21)/t14-,15-/m0/s1. The van der Waals surface area contributed by atoms with Gasteiger partial charge in [0, 0.05) is 25.7 Å². The fourth-order valence-electron chi connectivity index (χ4n) is 3.13. The van der Waals surface area contributed by atoms with E-state index in [0.717, 1.165) is 26.2 Å². The summed E-state index contributed by atoms with van der Waals surface area (Å²) in [5.41, 5.74) is 7.93. The van der Waals surface area contributed by atoms with Gasteiger partial charge in [-0.05, 0) is 32.0 Å². The van der Waals surface area contributed by atoms with E-state index in [-0.39, 0.29) is 18.6 Å². The Morgan fingerprint density at radius 1 is 1.50 bits per heavy atom. The first-order chi connectivity index (χ1) is 10.5. The fourth-order valence-corrected chi connectivity index (χ4v) is 3.13. The van der Waals surface area contributed by atoms with Gasteiger partial charge in [0.05, 0.1) is 19.3 Å². The van der Waals surface area contributed by atoms with Gasteiger partial charge in [-0.3, -0.25) is 14.6 Å². The summed E-state index contributed by atoms with van der Waals surface area (Å²) < 4.78 is 5.84. The van der Waals surface area contributed by atoms with Crippen molar-refractivity contribution in [3.63, 3.8) is 0 Å². The van der Waals surface area contributed by atoms with Crippen LogP contribution in [-0.4, -0.2) is 61.6 Å². The van der Waals surface area contributed by atoms with Crippen LogP contribution in [0.5, 0.6) is 0 Å². The largest absolute Gasteiger partial charge is 0.374 e. The Kier molecular flexibility index (Phi) is 5.94. The van der Waals surface area contributed by atoms with Crippen LogP contribution in [-0.2, 0) is 9.53 Å². The lowest BCUT2D eigenvalue weighted by atomic mass is 10.0. The molecule has 22 heavy (non-hydrogen) atoms. The third kappa shape index (κ3) is 4.53. The van der Waals surface area contributed by atoms with Crippen LogP contribution in [0.15, 0.2) is 24.3 Å². The van der Waals surface area contributed by atoms with E-state index in [1.54, 1.807) is 0 Å². The molecule has 1 amide bonds. The second-order valence-electron chi connectivity index (χ2n) is 6.18. The third-order valence-electron chi connectivity index (χ3n) is 4.30. The highest BCUT2D eigenvalue weighted by atomic mass is 16.5. The highest BCUT2D eigenvalue weighted by Crippen LogP contribution is 2.25. The Bertz CT molecular complexity index is 506. The molecule has 0 unspecified atom stereocenters. The van der Waals surface area contributed by atoms with Crippen molar-refractivity contribution in [3.8, 4) is 0 Å². The second kappa shape index (κ2) is 7.72. The van der Waals surface area contributed by atoms with Gasteiger partial charge in [0.1, 0.15) is 0 Å². The van der Waals surface area contributed by atoms with Crippen molar-refractivity contribution >= 4 is 5.91 Å². The van der Waals surface area contributed by atoms with E-state index in [1.807, 2.05) is 11.9 Å². The van der Waals surface area contributed by atoms with E-state index in [4.69, 9.17) is 10.5 Å². The normalized spacial score (nSPS) is 21.0. The summed E-state index contributed by atoms with van der Waals surface area (Å²) in [7, 11) is 1.90. The Labute approximate surface area is 133 Å². The van der Waals surface area contributed by atoms with Crippen LogP contribution in [0.3, 0.4) is 0 Å². The van der Waals surface area contributed by atoms with Crippen molar-refractivity contribution < 1.29 is 9.53 Å². The van der Waals surface area contributed by atoms with E-state index < -0.39 is 0 Å². The molecule has 1 aromatic rings. The van der Waals surface area contributed by atoms with Gasteiger partial charge in [0.2, 0.25) is 5.91 Å². The predicted molar refractivity (Wildman–Crippen MR) is 87.6 cm³/mol. The number of likely N-dealkylation sites (N-methyl/N-ethyl adjacent to an activating group) is 1. The lowest BCUT2D eigenvalue weighted by molar-refractivity contribution is -0.119. The highest BCUT2D eigenvalue weighted by molar-refractivity contribution is 5.75. The molecule has 5 nitrogen and oxygen atoms in total. The molecule has 2 atom stereocenters. The number of hydrogen-bond acceptors (Lipinski definition) is 4. The maximum absolute atomic E-state index is 11.0. The molecule has 1 aliphatic rings. The maximum atomic E-state index is 11.0. The Hall–Kier alpha value is -1.43. The average Bonchev–Trinajstić information content (AvgIpc) is 2.46. The van der Waals surface area contributed by atoms with Crippen LogP contribution in [0.4, 0.5) is 0 Å². The van der Waals surface area contributed by atoms with Crippen LogP contribution < -0.4 is 5.73 Å². The molecule has 0 saturated carbocycles. The predicted octanol–water partition coefficient (Wildman–Crippen LogP) is 1.17. The Balaban J connectivity index is 1.95. The number of benzene rings is 1. The molecule has 5 heteroatoms. The number of ether oxygens (including phenoxy) is 1. The van der Waals surface area contributed by atoms with Gasteiger partial charge in [0.25, 0.3) is 0 Å². The first kappa shape index (κ1) is 16.9. The van der Waals surface area contributed by atoms with Gasteiger partial charge in [0.15, 0.2) is 0 Å². The van der Waals surface area contributed by atoms with Crippen molar-refractivity contribution in [3.05, 3.63) is 35.4 Å². The number of carbonyl (C=O) groups excluding carboxylic acids is 1. The van der Waals surface area contributed by atoms with Crippen LogP contribution in [0, 0.1) is 6.92 Å².